The summed E-state index contributed by atoms with van der Waals surface area (Å²) in [7, 11) is 1.64. The summed E-state index contributed by atoms with van der Waals surface area (Å²) in [5, 5.41) is 0. The maximum Gasteiger partial charge on any atom is 0.338 e. The number of rotatable bonds is 5. The summed E-state index contributed by atoms with van der Waals surface area (Å²) < 4.78 is 10.3. The third kappa shape index (κ3) is 3.96. The number of benzene rings is 2. The molecule has 0 N–H and O–H groups in total. The van der Waals surface area contributed by atoms with E-state index in [1.165, 1.54) is 0 Å². The van der Waals surface area contributed by atoms with Crippen LogP contribution in [0, 0.1) is 0 Å². The van der Waals surface area contributed by atoms with Gasteiger partial charge in [0, 0.05) is 0 Å². The minimum Gasteiger partial charge on any atom is -0.497 e. The number of hydrogen-bond acceptors (Lipinski definition) is 3. The van der Waals surface area contributed by atoms with E-state index < -0.39 is 0 Å². The standard InChI is InChI=1S/C18H18O3/c1-3-21-18(19)17-10-5-4-8-15(17)12-11-14-7-6-9-16(13-14)20-2/h4-13H,3H2,1-2H3. The first-order chi connectivity index (χ1) is 10.2. The Morgan fingerprint density at radius 2 is 1.90 bits per heavy atom. The van der Waals surface area contributed by atoms with Crippen molar-refractivity contribution in [1.82, 2.24) is 0 Å². The van der Waals surface area contributed by atoms with E-state index >= 15 is 0 Å². The lowest BCUT2D eigenvalue weighted by Crippen LogP contribution is -2.06. The second kappa shape index (κ2) is 7.29. The largest absolute Gasteiger partial charge is 0.497 e. The monoisotopic (exact) mass is 282 g/mol. The van der Waals surface area contributed by atoms with Crippen molar-refractivity contribution in [3.05, 3.63) is 65.2 Å². The van der Waals surface area contributed by atoms with Gasteiger partial charge in [-0.05, 0) is 36.2 Å². The Labute approximate surface area is 124 Å². The zero-order valence-electron chi connectivity index (χ0n) is 12.2. The average molecular weight is 282 g/mol. The van der Waals surface area contributed by atoms with Gasteiger partial charge in [0.1, 0.15) is 5.75 Å². The molecule has 0 aromatic heterocycles. The quantitative estimate of drug-likeness (QED) is 0.613. The highest BCUT2D eigenvalue weighted by molar-refractivity contribution is 5.94. The van der Waals surface area contributed by atoms with Crippen LogP contribution in [0.15, 0.2) is 48.5 Å². The van der Waals surface area contributed by atoms with Crippen molar-refractivity contribution >= 4 is 18.1 Å². The van der Waals surface area contributed by atoms with E-state index in [4.69, 9.17) is 9.47 Å². The highest BCUT2D eigenvalue weighted by atomic mass is 16.5. The number of methoxy groups -OCH3 is 1. The highest BCUT2D eigenvalue weighted by Crippen LogP contribution is 2.17. The van der Waals surface area contributed by atoms with E-state index in [1.807, 2.05) is 54.6 Å². The Kier molecular flexibility index (Phi) is 5.16. The van der Waals surface area contributed by atoms with Gasteiger partial charge in [-0.1, -0.05) is 42.5 Å². The SMILES string of the molecule is CCOC(=O)c1ccccc1C=Cc1cccc(OC)c1. The molecule has 0 aliphatic heterocycles. The van der Waals surface area contributed by atoms with Crippen LogP contribution in [0.2, 0.25) is 0 Å². The van der Waals surface area contributed by atoms with Gasteiger partial charge in [0.05, 0.1) is 19.3 Å². The molecular formula is C18H18O3. The molecular weight excluding hydrogens is 264 g/mol. The van der Waals surface area contributed by atoms with Crippen molar-refractivity contribution < 1.29 is 14.3 Å². The molecule has 0 unspecified atom stereocenters. The summed E-state index contributed by atoms with van der Waals surface area (Å²) in [5.41, 5.74) is 2.41. The average Bonchev–Trinajstić information content (AvgIpc) is 2.53. The first kappa shape index (κ1) is 14.9. The molecule has 3 heteroatoms. The second-order valence-corrected chi connectivity index (χ2v) is 4.42. The van der Waals surface area contributed by atoms with Gasteiger partial charge in [-0.25, -0.2) is 4.79 Å². The van der Waals surface area contributed by atoms with Crippen molar-refractivity contribution in [2.45, 2.75) is 6.92 Å². The van der Waals surface area contributed by atoms with Gasteiger partial charge in [-0.3, -0.25) is 0 Å². The zero-order chi connectivity index (χ0) is 15.1. The lowest BCUT2D eigenvalue weighted by molar-refractivity contribution is 0.0526. The molecule has 3 nitrogen and oxygen atoms in total. The molecule has 2 rings (SSSR count). The summed E-state index contributed by atoms with van der Waals surface area (Å²) in [6, 6.07) is 15.1. The van der Waals surface area contributed by atoms with E-state index in [0.29, 0.717) is 12.2 Å². The van der Waals surface area contributed by atoms with Crippen LogP contribution in [0.5, 0.6) is 5.75 Å². The molecule has 0 spiro atoms. The molecule has 2 aromatic rings. The van der Waals surface area contributed by atoms with E-state index in [1.54, 1.807) is 20.1 Å². The maximum atomic E-state index is 11.9. The smallest absolute Gasteiger partial charge is 0.338 e. The molecule has 108 valence electrons. The number of carbonyl (C=O) groups excluding carboxylic acids is 1. The highest BCUT2D eigenvalue weighted by Gasteiger charge is 2.09. The Bertz CT molecular complexity index is 644. The summed E-state index contributed by atoms with van der Waals surface area (Å²) in [4.78, 5) is 11.9. The maximum absolute atomic E-state index is 11.9. The first-order valence-electron chi connectivity index (χ1n) is 6.83. The van der Waals surface area contributed by atoms with Gasteiger partial charge in [0.15, 0.2) is 0 Å². The fraction of sp³-hybridized carbons (Fsp3) is 0.167. The van der Waals surface area contributed by atoms with E-state index in [2.05, 4.69) is 0 Å². The molecule has 0 aliphatic carbocycles. The van der Waals surface area contributed by atoms with Crippen molar-refractivity contribution in [3.63, 3.8) is 0 Å². The van der Waals surface area contributed by atoms with Crippen LogP contribution >= 0.6 is 0 Å². The Balaban J connectivity index is 2.26. The molecule has 0 atom stereocenters. The molecule has 0 radical (unpaired) electrons. The van der Waals surface area contributed by atoms with Gasteiger partial charge in [0.25, 0.3) is 0 Å². The topological polar surface area (TPSA) is 35.5 Å². The first-order valence-corrected chi connectivity index (χ1v) is 6.83. The number of carbonyl (C=O) groups is 1. The Hall–Kier alpha value is -2.55. The fourth-order valence-electron chi connectivity index (χ4n) is 1.97. The van der Waals surface area contributed by atoms with Gasteiger partial charge >= 0.3 is 5.97 Å². The van der Waals surface area contributed by atoms with Crippen LogP contribution < -0.4 is 4.74 Å². The molecule has 0 saturated carbocycles. The second-order valence-electron chi connectivity index (χ2n) is 4.42. The Morgan fingerprint density at radius 1 is 1.10 bits per heavy atom. The number of ether oxygens (including phenoxy) is 2. The van der Waals surface area contributed by atoms with Crippen LogP contribution in [0.25, 0.3) is 12.2 Å². The van der Waals surface area contributed by atoms with Crippen LogP contribution in [-0.2, 0) is 4.74 Å². The normalized spacial score (nSPS) is 10.6. The molecule has 21 heavy (non-hydrogen) atoms. The molecule has 0 fully saturated rings. The molecule has 0 aliphatic rings. The van der Waals surface area contributed by atoms with Crippen LogP contribution in [0.4, 0.5) is 0 Å². The van der Waals surface area contributed by atoms with Crippen LogP contribution in [0.3, 0.4) is 0 Å². The van der Waals surface area contributed by atoms with Crippen molar-refractivity contribution in [2.24, 2.45) is 0 Å². The van der Waals surface area contributed by atoms with E-state index in [0.717, 1.165) is 16.9 Å². The minimum absolute atomic E-state index is 0.302. The molecule has 0 heterocycles. The lowest BCUT2D eigenvalue weighted by atomic mass is 10.1. The number of hydrogen-bond donors (Lipinski definition) is 0. The van der Waals surface area contributed by atoms with Crippen LogP contribution in [-0.4, -0.2) is 19.7 Å². The van der Waals surface area contributed by atoms with Gasteiger partial charge in [-0.2, -0.15) is 0 Å². The van der Waals surface area contributed by atoms with Crippen molar-refractivity contribution in [2.75, 3.05) is 13.7 Å². The molecule has 0 amide bonds. The summed E-state index contributed by atoms with van der Waals surface area (Å²) in [6.45, 7) is 2.17. The third-order valence-corrected chi connectivity index (χ3v) is 3.01. The summed E-state index contributed by atoms with van der Waals surface area (Å²) >= 11 is 0. The predicted octanol–water partition coefficient (Wildman–Crippen LogP) is 4.04. The van der Waals surface area contributed by atoms with E-state index in [9.17, 15) is 4.79 Å². The van der Waals surface area contributed by atoms with Crippen LogP contribution in [0.1, 0.15) is 28.4 Å². The third-order valence-electron chi connectivity index (χ3n) is 3.01. The minimum atomic E-state index is -0.302. The van der Waals surface area contributed by atoms with Gasteiger partial charge < -0.3 is 9.47 Å². The summed E-state index contributed by atoms with van der Waals surface area (Å²) in [5.74, 6) is 0.499. The predicted molar refractivity (Wildman–Crippen MR) is 84.3 cm³/mol. The van der Waals surface area contributed by atoms with Gasteiger partial charge in [0.2, 0.25) is 0 Å². The number of esters is 1. The molecule has 0 bridgehead atoms. The lowest BCUT2D eigenvalue weighted by Gasteiger charge is -2.05. The van der Waals surface area contributed by atoms with Gasteiger partial charge in [-0.15, -0.1) is 0 Å². The Morgan fingerprint density at radius 3 is 2.67 bits per heavy atom. The van der Waals surface area contributed by atoms with Crippen molar-refractivity contribution in [3.8, 4) is 5.75 Å². The molecule has 0 saturated heterocycles. The zero-order valence-corrected chi connectivity index (χ0v) is 12.2. The molecule has 2 aromatic carbocycles. The fourth-order valence-corrected chi connectivity index (χ4v) is 1.97. The summed E-state index contributed by atoms with van der Waals surface area (Å²) in [6.07, 6.45) is 3.85. The van der Waals surface area contributed by atoms with Crippen molar-refractivity contribution in [1.29, 1.82) is 0 Å². The van der Waals surface area contributed by atoms with E-state index in [-0.39, 0.29) is 5.97 Å².